The number of carbonyl (C=O) groups excluding carboxylic acids is 2. The highest BCUT2D eigenvalue weighted by molar-refractivity contribution is 6.40. The molecule has 0 spiro atoms. The van der Waals surface area contributed by atoms with Crippen LogP contribution in [0.3, 0.4) is 0 Å². The second-order valence-electron chi connectivity index (χ2n) is 5.62. The SMILES string of the molecule is COC(=O)c1c(-c2c(Cl)cccc2Cl)noc1NC(=O)NNc1c(Cl)cccc1Cl. The van der Waals surface area contributed by atoms with Crippen LogP contribution in [-0.2, 0) is 4.74 Å². The Kier molecular flexibility index (Phi) is 6.94. The molecule has 0 atom stereocenters. The molecule has 0 radical (unpaired) electrons. The fourth-order valence-electron chi connectivity index (χ4n) is 2.43. The molecule has 0 unspecified atom stereocenters. The number of hydrogen-bond donors (Lipinski definition) is 3. The number of methoxy groups -OCH3 is 1. The molecule has 0 aliphatic carbocycles. The maximum Gasteiger partial charge on any atom is 0.345 e. The number of nitrogens with zero attached hydrogens (tertiary/aromatic N) is 1. The van der Waals surface area contributed by atoms with Crippen LogP contribution in [0.1, 0.15) is 10.4 Å². The van der Waals surface area contributed by atoms with Crippen LogP contribution in [0.2, 0.25) is 20.1 Å². The largest absolute Gasteiger partial charge is 0.465 e. The van der Waals surface area contributed by atoms with Crippen molar-refractivity contribution in [1.29, 1.82) is 0 Å². The third-order valence-electron chi connectivity index (χ3n) is 3.77. The zero-order valence-corrected chi connectivity index (χ0v) is 18.1. The summed E-state index contributed by atoms with van der Waals surface area (Å²) in [4.78, 5) is 24.6. The lowest BCUT2D eigenvalue weighted by molar-refractivity contribution is 0.0602. The van der Waals surface area contributed by atoms with Crippen molar-refractivity contribution in [2.45, 2.75) is 0 Å². The smallest absolute Gasteiger partial charge is 0.345 e. The van der Waals surface area contributed by atoms with Gasteiger partial charge in [-0.3, -0.25) is 16.2 Å². The first-order valence-corrected chi connectivity index (χ1v) is 9.64. The number of hydrazine groups is 1. The Morgan fingerprint density at radius 2 is 1.53 bits per heavy atom. The highest BCUT2D eigenvalue weighted by atomic mass is 35.5. The van der Waals surface area contributed by atoms with Crippen LogP contribution in [0.4, 0.5) is 16.4 Å². The van der Waals surface area contributed by atoms with Crippen LogP contribution >= 0.6 is 46.4 Å². The Morgan fingerprint density at radius 3 is 2.10 bits per heavy atom. The van der Waals surface area contributed by atoms with E-state index in [0.29, 0.717) is 0 Å². The van der Waals surface area contributed by atoms with Gasteiger partial charge in [-0.15, -0.1) is 0 Å². The highest BCUT2D eigenvalue weighted by Crippen LogP contribution is 2.38. The van der Waals surface area contributed by atoms with Gasteiger partial charge in [0.2, 0.25) is 5.88 Å². The zero-order chi connectivity index (χ0) is 21.8. The van der Waals surface area contributed by atoms with Gasteiger partial charge in [0.15, 0.2) is 5.56 Å². The molecule has 3 N–H and O–H groups in total. The number of aromatic nitrogens is 1. The average molecular weight is 490 g/mol. The van der Waals surface area contributed by atoms with Gasteiger partial charge in [0.1, 0.15) is 5.69 Å². The molecule has 0 aliphatic rings. The normalized spacial score (nSPS) is 10.4. The molecule has 0 saturated heterocycles. The molecule has 0 fully saturated rings. The maximum absolute atomic E-state index is 12.3. The first-order valence-electron chi connectivity index (χ1n) is 8.12. The van der Waals surface area contributed by atoms with E-state index >= 15 is 0 Å². The first-order chi connectivity index (χ1) is 14.3. The summed E-state index contributed by atoms with van der Waals surface area (Å²) in [6.07, 6.45) is 0. The molecule has 2 aromatic carbocycles. The summed E-state index contributed by atoms with van der Waals surface area (Å²) in [5.74, 6) is -1.10. The summed E-state index contributed by atoms with van der Waals surface area (Å²) in [7, 11) is 1.16. The molecule has 30 heavy (non-hydrogen) atoms. The Labute approximate surface area is 190 Å². The van der Waals surface area contributed by atoms with E-state index < -0.39 is 12.0 Å². The number of anilines is 2. The summed E-state index contributed by atoms with van der Waals surface area (Å²) in [6.45, 7) is 0. The number of amides is 2. The van der Waals surface area contributed by atoms with Crippen LogP contribution in [-0.4, -0.2) is 24.3 Å². The van der Waals surface area contributed by atoms with Gasteiger partial charge in [0.25, 0.3) is 0 Å². The number of benzene rings is 2. The maximum atomic E-state index is 12.3. The predicted octanol–water partition coefficient (Wildman–Crippen LogP) is 5.89. The number of urea groups is 1. The van der Waals surface area contributed by atoms with Crippen molar-refractivity contribution < 1.29 is 18.8 Å². The fourth-order valence-corrected chi connectivity index (χ4v) is 3.50. The molecule has 1 aromatic heterocycles. The lowest BCUT2D eigenvalue weighted by Crippen LogP contribution is -2.34. The third-order valence-corrected chi connectivity index (χ3v) is 5.03. The number of para-hydroxylation sites is 1. The average Bonchev–Trinajstić information content (AvgIpc) is 3.10. The van der Waals surface area contributed by atoms with Gasteiger partial charge in [-0.1, -0.05) is 63.7 Å². The summed E-state index contributed by atoms with van der Waals surface area (Å²) in [5.41, 5.74) is 5.27. The minimum Gasteiger partial charge on any atom is -0.465 e. The van der Waals surface area contributed by atoms with E-state index in [1.54, 1.807) is 36.4 Å². The van der Waals surface area contributed by atoms with E-state index in [4.69, 9.17) is 55.7 Å². The summed E-state index contributed by atoms with van der Waals surface area (Å²) < 4.78 is 9.91. The molecule has 156 valence electrons. The standard InChI is InChI=1S/C18H12Cl4N4O4/c1-29-17(27)13-15(12-8(19)4-2-5-9(12)20)26-30-16(13)23-18(28)25-24-14-10(21)6-3-7-11(14)22/h2-7,24H,1H3,(H2,23,25,28). The second kappa shape index (κ2) is 9.44. The van der Waals surface area contributed by atoms with Crippen LogP contribution < -0.4 is 16.2 Å². The minimum absolute atomic E-state index is 0.00913. The Morgan fingerprint density at radius 1 is 0.967 bits per heavy atom. The number of esters is 1. The van der Waals surface area contributed by atoms with Crippen LogP contribution in [0.25, 0.3) is 11.3 Å². The second-order valence-corrected chi connectivity index (χ2v) is 7.25. The molecular formula is C18H12Cl4N4O4. The lowest BCUT2D eigenvalue weighted by Gasteiger charge is -2.11. The van der Waals surface area contributed by atoms with Gasteiger partial charge in [-0.25, -0.2) is 9.59 Å². The predicted molar refractivity (Wildman–Crippen MR) is 116 cm³/mol. The van der Waals surface area contributed by atoms with Crippen LogP contribution in [0.5, 0.6) is 0 Å². The van der Waals surface area contributed by atoms with Gasteiger partial charge in [-0.05, 0) is 24.3 Å². The van der Waals surface area contributed by atoms with E-state index in [1.807, 2.05) is 0 Å². The van der Waals surface area contributed by atoms with E-state index in [9.17, 15) is 9.59 Å². The van der Waals surface area contributed by atoms with Crippen molar-refractivity contribution in [2.24, 2.45) is 0 Å². The van der Waals surface area contributed by atoms with E-state index in [-0.39, 0.29) is 48.5 Å². The highest BCUT2D eigenvalue weighted by Gasteiger charge is 2.28. The number of nitrogens with one attached hydrogen (secondary N) is 3. The van der Waals surface area contributed by atoms with Gasteiger partial charge in [0.05, 0.1) is 32.9 Å². The van der Waals surface area contributed by atoms with E-state index in [2.05, 4.69) is 21.3 Å². The van der Waals surface area contributed by atoms with Crippen molar-refractivity contribution in [3.63, 3.8) is 0 Å². The molecule has 0 saturated carbocycles. The summed E-state index contributed by atoms with van der Waals surface area (Å²) >= 11 is 24.4. The number of carbonyl (C=O) groups is 2. The molecule has 3 rings (SSSR count). The van der Waals surface area contributed by atoms with Gasteiger partial charge < -0.3 is 9.26 Å². The van der Waals surface area contributed by atoms with Crippen molar-refractivity contribution in [2.75, 3.05) is 17.9 Å². The minimum atomic E-state index is -0.820. The van der Waals surface area contributed by atoms with Gasteiger partial charge >= 0.3 is 12.0 Å². The van der Waals surface area contributed by atoms with Gasteiger partial charge in [0, 0.05) is 5.56 Å². The fraction of sp³-hybridized carbons (Fsp3) is 0.0556. The first kappa shape index (κ1) is 22.0. The van der Waals surface area contributed by atoms with Crippen molar-refractivity contribution >= 4 is 70.0 Å². The molecule has 8 nitrogen and oxygen atoms in total. The molecule has 1 heterocycles. The number of hydrogen-bond acceptors (Lipinski definition) is 6. The topological polar surface area (TPSA) is 105 Å². The van der Waals surface area contributed by atoms with Crippen molar-refractivity contribution in [3.05, 3.63) is 62.1 Å². The van der Waals surface area contributed by atoms with Crippen molar-refractivity contribution in [3.8, 4) is 11.3 Å². The van der Waals surface area contributed by atoms with E-state index in [1.165, 1.54) is 0 Å². The number of halogens is 4. The quantitative estimate of drug-likeness (QED) is 0.304. The van der Waals surface area contributed by atoms with E-state index in [0.717, 1.165) is 7.11 Å². The summed E-state index contributed by atoms with van der Waals surface area (Å²) in [6, 6.07) is 8.77. The number of rotatable bonds is 5. The molecule has 0 aliphatic heterocycles. The van der Waals surface area contributed by atoms with Crippen LogP contribution in [0.15, 0.2) is 40.9 Å². The van der Waals surface area contributed by atoms with Gasteiger partial charge in [-0.2, -0.15) is 0 Å². The summed E-state index contributed by atoms with van der Waals surface area (Å²) in [5, 5.41) is 7.20. The van der Waals surface area contributed by atoms with Crippen LogP contribution in [0, 0.1) is 0 Å². The van der Waals surface area contributed by atoms with Crippen molar-refractivity contribution in [1.82, 2.24) is 10.6 Å². The lowest BCUT2D eigenvalue weighted by atomic mass is 10.1. The Hall–Kier alpha value is -2.65. The zero-order valence-electron chi connectivity index (χ0n) is 15.1. The molecular weight excluding hydrogens is 478 g/mol. The molecule has 2 amide bonds. The monoisotopic (exact) mass is 488 g/mol. The molecule has 0 bridgehead atoms. The Balaban J connectivity index is 1.87. The number of ether oxygens (including phenoxy) is 1. The molecule has 12 heteroatoms. The Bertz CT molecular complexity index is 1080. The third kappa shape index (κ3) is 4.57. The molecule has 3 aromatic rings.